The zero-order valence-electron chi connectivity index (χ0n) is 10.8. The van der Waals surface area contributed by atoms with Crippen molar-refractivity contribution in [2.24, 2.45) is 5.41 Å². The molecule has 19 heavy (non-hydrogen) atoms. The number of ketones is 1. The number of rotatable bonds is 4. The fraction of sp³-hybridized carbons (Fsp3) is 0.462. The van der Waals surface area contributed by atoms with Crippen molar-refractivity contribution in [2.45, 2.75) is 33.5 Å². The van der Waals surface area contributed by atoms with Gasteiger partial charge >= 0.3 is 6.61 Å². The maximum absolute atomic E-state index is 12.1. The number of carbonyl (C=O) groups excluding carboxylic acids is 1. The van der Waals surface area contributed by atoms with Crippen LogP contribution in [0.25, 0.3) is 0 Å². The number of ether oxygens (including phenoxy) is 1. The number of carbonyl (C=O) groups is 1. The van der Waals surface area contributed by atoms with Gasteiger partial charge in [-0.3, -0.25) is 4.79 Å². The molecule has 0 aliphatic heterocycles. The average molecular weight is 293 g/mol. The Morgan fingerprint density at radius 1 is 1.32 bits per heavy atom. The van der Waals surface area contributed by atoms with E-state index in [1.165, 1.54) is 18.2 Å². The van der Waals surface area contributed by atoms with E-state index in [0.717, 1.165) is 0 Å². The first-order valence-electron chi connectivity index (χ1n) is 5.59. The molecular formula is C13H15ClF2O3. The summed E-state index contributed by atoms with van der Waals surface area (Å²) in [5.74, 6) is -0.629. The predicted molar refractivity (Wildman–Crippen MR) is 67.5 cm³/mol. The van der Waals surface area contributed by atoms with Gasteiger partial charge < -0.3 is 9.84 Å². The third kappa shape index (κ3) is 4.44. The van der Waals surface area contributed by atoms with Gasteiger partial charge in [0.15, 0.2) is 5.78 Å². The van der Waals surface area contributed by atoms with Crippen LogP contribution in [0.1, 0.15) is 32.4 Å². The minimum atomic E-state index is -3.00. The number of aliphatic hydroxyl groups is 1. The van der Waals surface area contributed by atoms with E-state index in [1.807, 2.05) is 0 Å². The molecule has 1 unspecified atom stereocenters. The summed E-state index contributed by atoms with van der Waals surface area (Å²) in [6.45, 7) is 1.96. The first-order valence-corrected chi connectivity index (χ1v) is 5.96. The van der Waals surface area contributed by atoms with Gasteiger partial charge in [0.1, 0.15) is 11.9 Å². The van der Waals surface area contributed by atoms with Crippen molar-refractivity contribution in [1.29, 1.82) is 0 Å². The first kappa shape index (κ1) is 15.9. The van der Waals surface area contributed by atoms with Crippen molar-refractivity contribution < 1.29 is 23.4 Å². The molecule has 0 aromatic heterocycles. The van der Waals surface area contributed by atoms with Crippen LogP contribution < -0.4 is 4.74 Å². The minimum absolute atomic E-state index is 0.105. The lowest BCUT2D eigenvalue weighted by molar-refractivity contribution is -0.135. The summed E-state index contributed by atoms with van der Waals surface area (Å²) in [4.78, 5) is 11.9. The molecule has 1 rings (SSSR count). The van der Waals surface area contributed by atoms with Crippen LogP contribution in [0.3, 0.4) is 0 Å². The third-order valence-electron chi connectivity index (χ3n) is 2.42. The summed E-state index contributed by atoms with van der Waals surface area (Å²) < 4.78 is 28.5. The molecule has 6 heteroatoms. The van der Waals surface area contributed by atoms with Gasteiger partial charge in [0.2, 0.25) is 0 Å². The predicted octanol–water partition coefficient (Wildman–Crippen LogP) is 3.59. The zero-order chi connectivity index (χ0) is 14.8. The second-order valence-electron chi connectivity index (χ2n) is 5.12. The smallest absolute Gasteiger partial charge is 0.387 e. The van der Waals surface area contributed by atoms with Gasteiger partial charge in [0.05, 0.1) is 0 Å². The van der Waals surface area contributed by atoms with E-state index in [2.05, 4.69) is 4.74 Å². The molecular weight excluding hydrogens is 278 g/mol. The molecule has 1 aromatic carbocycles. The number of halogens is 3. The molecule has 0 bridgehead atoms. The summed E-state index contributed by atoms with van der Waals surface area (Å²) in [5, 5.41) is 10.1. The Labute approximate surface area is 115 Å². The second-order valence-corrected chi connectivity index (χ2v) is 5.55. The molecule has 0 fully saturated rings. The van der Waals surface area contributed by atoms with Crippen molar-refractivity contribution in [3.05, 3.63) is 28.8 Å². The topological polar surface area (TPSA) is 46.5 Å². The normalized spacial score (nSPS) is 13.5. The van der Waals surface area contributed by atoms with Crippen molar-refractivity contribution >= 4 is 17.4 Å². The van der Waals surface area contributed by atoms with E-state index < -0.39 is 23.9 Å². The molecule has 1 N–H and O–H groups in total. The lowest BCUT2D eigenvalue weighted by Crippen LogP contribution is -2.26. The van der Waals surface area contributed by atoms with Crippen molar-refractivity contribution in [1.82, 2.24) is 0 Å². The van der Waals surface area contributed by atoms with Gasteiger partial charge in [-0.2, -0.15) is 8.78 Å². The highest BCUT2D eigenvalue weighted by Crippen LogP contribution is 2.30. The Balaban J connectivity index is 3.07. The summed E-state index contributed by atoms with van der Waals surface area (Å²) >= 11 is 5.75. The number of Topliss-reactive ketones (excluding diaryl/α,β-unsaturated/α-hetero) is 1. The lowest BCUT2D eigenvalue weighted by Gasteiger charge is -2.21. The molecule has 0 amide bonds. The number of hydrogen-bond donors (Lipinski definition) is 1. The molecule has 3 nitrogen and oxygen atoms in total. The summed E-state index contributed by atoms with van der Waals surface area (Å²) in [6, 6.07) is 3.70. The van der Waals surface area contributed by atoms with E-state index in [9.17, 15) is 18.7 Å². The van der Waals surface area contributed by atoms with Crippen LogP contribution in [0.4, 0.5) is 8.78 Å². The Bertz CT molecular complexity index is 469. The van der Waals surface area contributed by atoms with Crippen molar-refractivity contribution in [3.8, 4) is 5.75 Å². The SMILES string of the molecule is CC(C)(C)C(=O)C(O)c1cc(Cl)cc(OC(F)F)c1. The highest BCUT2D eigenvalue weighted by Gasteiger charge is 2.29. The summed E-state index contributed by atoms with van der Waals surface area (Å²) in [5.41, 5.74) is -0.631. The fourth-order valence-electron chi connectivity index (χ4n) is 1.47. The molecule has 0 aliphatic carbocycles. The highest BCUT2D eigenvalue weighted by molar-refractivity contribution is 6.30. The fourth-order valence-corrected chi connectivity index (χ4v) is 1.71. The van der Waals surface area contributed by atoms with Crippen molar-refractivity contribution in [2.75, 3.05) is 0 Å². The molecule has 0 saturated carbocycles. The maximum Gasteiger partial charge on any atom is 0.387 e. The Morgan fingerprint density at radius 2 is 1.89 bits per heavy atom. The summed E-state index contributed by atoms with van der Waals surface area (Å²) in [7, 11) is 0. The van der Waals surface area contributed by atoms with Crippen LogP contribution in [0.15, 0.2) is 18.2 Å². The minimum Gasteiger partial charge on any atom is -0.435 e. The standard InChI is InChI=1S/C13H15ClF2O3/c1-13(2,3)11(18)10(17)7-4-8(14)6-9(5-7)19-12(15)16/h4-6,10,12,17H,1-3H3. The molecule has 0 aliphatic rings. The van der Waals surface area contributed by atoms with Crippen LogP contribution in [0.2, 0.25) is 5.02 Å². The number of hydrogen-bond acceptors (Lipinski definition) is 3. The van der Waals surface area contributed by atoms with E-state index in [4.69, 9.17) is 11.6 Å². The number of benzene rings is 1. The van der Waals surface area contributed by atoms with Crippen molar-refractivity contribution in [3.63, 3.8) is 0 Å². The highest BCUT2D eigenvalue weighted by atomic mass is 35.5. The Morgan fingerprint density at radius 3 is 2.37 bits per heavy atom. The first-order chi connectivity index (χ1) is 8.61. The number of aliphatic hydroxyl groups excluding tert-OH is 1. The second kappa shape index (κ2) is 5.84. The van der Waals surface area contributed by atoms with E-state index >= 15 is 0 Å². The van der Waals surface area contributed by atoms with Gasteiger partial charge in [-0.05, 0) is 23.8 Å². The molecule has 0 spiro atoms. The van der Waals surface area contributed by atoms with Crippen LogP contribution in [0, 0.1) is 5.41 Å². The monoisotopic (exact) mass is 292 g/mol. The van der Waals surface area contributed by atoms with Crippen LogP contribution in [0.5, 0.6) is 5.75 Å². The van der Waals surface area contributed by atoms with Gasteiger partial charge in [0.25, 0.3) is 0 Å². The largest absolute Gasteiger partial charge is 0.435 e. The molecule has 0 saturated heterocycles. The number of alkyl halides is 2. The molecule has 106 valence electrons. The van der Waals surface area contributed by atoms with E-state index in [1.54, 1.807) is 20.8 Å². The molecule has 0 heterocycles. The summed E-state index contributed by atoms with van der Waals surface area (Å²) in [6.07, 6.45) is -1.43. The maximum atomic E-state index is 12.1. The van der Waals surface area contributed by atoms with Gasteiger partial charge in [-0.25, -0.2) is 0 Å². The Hall–Kier alpha value is -1.20. The molecule has 1 atom stereocenters. The van der Waals surface area contributed by atoms with Gasteiger partial charge in [-0.15, -0.1) is 0 Å². The van der Waals surface area contributed by atoms with Crippen LogP contribution >= 0.6 is 11.6 Å². The third-order valence-corrected chi connectivity index (χ3v) is 2.64. The lowest BCUT2D eigenvalue weighted by atomic mass is 9.85. The Kier molecular flexibility index (Phi) is 4.87. The quantitative estimate of drug-likeness (QED) is 0.922. The molecule has 0 radical (unpaired) electrons. The van der Waals surface area contributed by atoms with E-state index in [0.29, 0.717) is 0 Å². The zero-order valence-corrected chi connectivity index (χ0v) is 11.5. The van der Waals surface area contributed by atoms with Gasteiger partial charge in [-0.1, -0.05) is 32.4 Å². The van der Waals surface area contributed by atoms with Crippen LogP contribution in [-0.2, 0) is 4.79 Å². The van der Waals surface area contributed by atoms with Gasteiger partial charge in [0, 0.05) is 10.4 Å². The van der Waals surface area contributed by atoms with E-state index in [-0.39, 0.29) is 16.3 Å². The van der Waals surface area contributed by atoms with Crippen LogP contribution in [-0.4, -0.2) is 17.5 Å². The average Bonchev–Trinajstić information content (AvgIpc) is 2.23. The molecule has 1 aromatic rings.